The number of aromatic nitrogens is 1. The first kappa shape index (κ1) is 21.8. The zero-order valence-electron chi connectivity index (χ0n) is 18.2. The number of hydrogen-bond donors (Lipinski definition) is 0. The minimum Gasteiger partial charge on any atom is -0.493 e. The molecule has 0 bridgehead atoms. The van der Waals surface area contributed by atoms with Crippen LogP contribution >= 0.6 is 11.8 Å². The van der Waals surface area contributed by atoms with Crippen LogP contribution in [0.3, 0.4) is 0 Å². The summed E-state index contributed by atoms with van der Waals surface area (Å²) in [6, 6.07) is 16.9. The summed E-state index contributed by atoms with van der Waals surface area (Å²) in [5, 5.41) is 0.572. The number of hydrogen-bond acceptors (Lipinski definition) is 7. The number of para-hydroxylation sites is 2. The molecule has 4 rings (SSSR count). The zero-order valence-corrected chi connectivity index (χ0v) is 19.0. The molecule has 0 radical (unpaired) electrons. The van der Waals surface area contributed by atoms with Crippen molar-refractivity contribution >= 4 is 28.8 Å². The first-order valence-corrected chi connectivity index (χ1v) is 11.1. The quantitative estimate of drug-likeness (QED) is 0.329. The van der Waals surface area contributed by atoms with Gasteiger partial charge < -0.3 is 23.2 Å². The minimum atomic E-state index is -0.163. The van der Waals surface area contributed by atoms with Crippen LogP contribution < -0.4 is 9.47 Å². The average molecular weight is 453 g/mol. The van der Waals surface area contributed by atoms with Gasteiger partial charge in [0.15, 0.2) is 22.8 Å². The maximum Gasteiger partial charge on any atom is 0.289 e. The highest BCUT2D eigenvalue weighted by Gasteiger charge is 2.17. The van der Waals surface area contributed by atoms with Gasteiger partial charge in [-0.15, -0.1) is 0 Å². The number of nitrogens with zero attached hydrogens (tertiary/aromatic N) is 2. The van der Waals surface area contributed by atoms with Crippen LogP contribution in [0.4, 0.5) is 0 Å². The summed E-state index contributed by atoms with van der Waals surface area (Å²) < 4.78 is 22.1. The summed E-state index contributed by atoms with van der Waals surface area (Å²) in [5.41, 5.74) is 2.63. The third-order valence-corrected chi connectivity index (χ3v) is 5.87. The van der Waals surface area contributed by atoms with Crippen LogP contribution in [0.15, 0.2) is 68.7 Å². The SMILES string of the molecule is COc1ccc(CCN(C)C(=O)c2ccc(CSc3nc4ccccc4o3)o2)cc1OC. The molecular weight excluding hydrogens is 428 g/mol. The monoisotopic (exact) mass is 452 g/mol. The van der Waals surface area contributed by atoms with Crippen LogP contribution in [-0.4, -0.2) is 43.6 Å². The molecule has 0 unspecified atom stereocenters. The molecule has 0 atom stereocenters. The van der Waals surface area contributed by atoms with Gasteiger partial charge in [-0.1, -0.05) is 30.0 Å². The molecule has 1 amide bonds. The van der Waals surface area contributed by atoms with E-state index in [0.717, 1.165) is 16.7 Å². The molecule has 0 saturated carbocycles. The van der Waals surface area contributed by atoms with E-state index in [1.165, 1.54) is 11.8 Å². The number of likely N-dealkylation sites (N-methyl/N-ethyl adjacent to an activating group) is 1. The van der Waals surface area contributed by atoms with E-state index in [9.17, 15) is 4.79 Å². The molecule has 0 aliphatic carbocycles. The van der Waals surface area contributed by atoms with Crippen molar-refractivity contribution in [1.82, 2.24) is 9.88 Å². The summed E-state index contributed by atoms with van der Waals surface area (Å²) >= 11 is 1.43. The van der Waals surface area contributed by atoms with Crippen LogP contribution in [0.25, 0.3) is 11.1 Å². The average Bonchev–Trinajstić information content (AvgIpc) is 3.47. The lowest BCUT2D eigenvalue weighted by atomic mass is 10.1. The lowest BCUT2D eigenvalue weighted by Gasteiger charge is -2.16. The number of oxazole rings is 1. The van der Waals surface area contributed by atoms with E-state index in [1.807, 2.05) is 48.5 Å². The minimum absolute atomic E-state index is 0.163. The summed E-state index contributed by atoms with van der Waals surface area (Å²) in [6.07, 6.45) is 0.684. The Morgan fingerprint density at radius 1 is 1.03 bits per heavy atom. The first-order chi connectivity index (χ1) is 15.6. The van der Waals surface area contributed by atoms with Gasteiger partial charge in [0, 0.05) is 13.6 Å². The molecule has 0 N–H and O–H groups in total. The number of amides is 1. The van der Waals surface area contributed by atoms with Crippen LogP contribution in [0.2, 0.25) is 0 Å². The lowest BCUT2D eigenvalue weighted by molar-refractivity contribution is 0.0763. The van der Waals surface area contributed by atoms with Crippen molar-refractivity contribution in [1.29, 1.82) is 0 Å². The van der Waals surface area contributed by atoms with Crippen LogP contribution in [0.1, 0.15) is 21.9 Å². The van der Waals surface area contributed by atoms with Gasteiger partial charge in [0.2, 0.25) is 0 Å². The highest BCUT2D eigenvalue weighted by atomic mass is 32.2. The van der Waals surface area contributed by atoms with Crippen LogP contribution in [0, 0.1) is 0 Å². The molecule has 0 aliphatic rings. The fourth-order valence-electron chi connectivity index (χ4n) is 3.24. The number of benzene rings is 2. The molecule has 0 fully saturated rings. The van der Waals surface area contributed by atoms with Gasteiger partial charge >= 0.3 is 0 Å². The third kappa shape index (κ3) is 4.91. The number of carbonyl (C=O) groups excluding carboxylic acids is 1. The molecule has 0 aliphatic heterocycles. The van der Waals surface area contributed by atoms with Crippen molar-refractivity contribution in [3.63, 3.8) is 0 Å². The molecule has 8 heteroatoms. The predicted molar refractivity (Wildman–Crippen MR) is 122 cm³/mol. The highest BCUT2D eigenvalue weighted by molar-refractivity contribution is 7.98. The second-order valence-electron chi connectivity index (χ2n) is 7.17. The lowest BCUT2D eigenvalue weighted by Crippen LogP contribution is -2.28. The number of rotatable bonds is 9. The van der Waals surface area contributed by atoms with E-state index < -0.39 is 0 Å². The number of fused-ring (bicyclic) bond motifs is 1. The first-order valence-electron chi connectivity index (χ1n) is 10.1. The Balaban J connectivity index is 1.32. The fourth-order valence-corrected chi connectivity index (χ4v) is 3.97. The van der Waals surface area contributed by atoms with Gasteiger partial charge in [0.05, 0.1) is 20.0 Å². The van der Waals surface area contributed by atoms with Gasteiger partial charge in [-0.25, -0.2) is 4.98 Å². The number of carbonyl (C=O) groups is 1. The number of furan rings is 1. The molecule has 2 heterocycles. The molecule has 32 heavy (non-hydrogen) atoms. The van der Waals surface area contributed by atoms with Crippen LogP contribution in [0.5, 0.6) is 11.5 Å². The van der Waals surface area contributed by atoms with E-state index in [2.05, 4.69) is 4.98 Å². The van der Waals surface area contributed by atoms with Gasteiger partial charge in [-0.3, -0.25) is 4.79 Å². The van der Waals surface area contributed by atoms with Gasteiger partial charge in [-0.2, -0.15) is 0 Å². The second kappa shape index (κ2) is 9.82. The normalized spacial score (nSPS) is 11.0. The summed E-state index contributed by atoms with van der Waals surface area (Å²) in [4.78, 5) is 18.8. The predicted octanol–water partition coefficient (Wildman–Crippen LogP) is 5.05. The number of methoxy groups -OCH3 is 2. The molecular formula is C24H24N2O5S. The molecule has 7 nitrogen and oxygen atoms in total. The Morgan fingerprint density at radius 3 is 2.62 bits per heavy atom. The Morgan fingerprint density at radius 2 is 1.84 bits per heavy atom. The van der Waals surface area contributed by atoms with E-state index in [4.69, 9.17) is 18.3 Å². The van der Waals surface area contributed by atoms with E-state index in [1.54, 1.807) is 32.2 Å². The molecule has 2 aromatic heterocycles. The third-order valence-electron chi connectivity index (χ3n) is 5.02. The standard InChI is InChI=1S/C24H24N2O5S/c1-26(13-12-16-8-10-20(28-2)22(14-16)29-3)23(27)21-11-9-17(30-21)15-32-24-25-18-6-4-5-7-19(18)31-24/h4-11,14H,12-13,15H2,1-3H3. The molecule has 166 valence electrons. The summed E-state index contributed by atoms with van der Waals surface area (Å²) in [5.74, 6) is 2.71. The second-order valence-corrected chi connectivity index (χ2v) is 8.09. The highest BCUT2D eigenvalue weighted by Crippen LogP contribution is 2.28. The Hall–Kier alpha value is -3.39. The maximum atomic E-state index is 12.7. The van der Waals surface area contributed by atoms with Gasteiger partial charge in [0.25, 0.3) is 11.1 Å². The topological polar surface area (TPSA) is 77.9 Å². The molecule has 0 spiro atoms. The summed E-state index contributed by atoms with van der Waals surface area (Å²) in [6.45, 7) is 0.544. The van der Waals surface area contributed by atoms with Crippen LogP contribution in [-0.2, 0) is 12.2 Å². The Labute approximate surface area is 190 Å². The molecule has 4 aromatic rings. The van der Waals surface area contributed by atoms with Crippen molar-refractivity contribution in [2.24, 2.45) is 0 Å². The van der Waals surface area contributed by atoms with Crippen molar-refractivity contribution < 1.29 is 23.1 Å². The van der Waals surface area contributed by atoms with Gasteiger partial charge in [-0.05, 0) is 48.4 Å². The Kier molecular flexibility index (Phi) is 6.70. The smallest absolute Gasteiger partial charge is 0.289 e. The summed E-state index contributed by atoms with van der Waals surface area (Å²) in [7, 11) is 4.97. The number of ether oxygens (including phenoxy) is 2. The fraction of sp³-hybridized carbons (Fsp3) is 0.250. The van der Waals surface area contributed by atoms with Gasteiger partial charge in [0.1, 0.15) is 11.3 Å². The van der Waals surface area contributed by atoms with E-state index in [-0.39, 0.29) is 5.91 Å². The van der Waals surface area contributed by atoms with Crippen molar-refractivity contribution in [3.8, 4) is 11.5 Å². The molecule has 0 saturated heterocycles. The largest absolute Gasteiger partial charge is 0.493 e. The maximum absolute atomic E-state index is 12.7. The zero-order chi connectivity index (χ0) is 22.5. The van der Waals surface area contributed by atoms with Crippen molar-refractivity contribution in [2.45, 2.75) is 17.4 Å². The van der Waals surface area contributed by atoms with E-state index >= 15 is 0 Å². The molecule has 2 aromatic carbocycles. The Bertz CT molecular complexity index is 1180. The van der Waals surface area contributed by atoms with Crippen molar-refractivity contribution in [3.05, 3.63) is 71.7 Å². The van der Waals surface area contributed by atoms with Crippen molar-refractivity contribution in [2.75, 3.05) is 27.8 Å². The van der Waals surface area contributed by atoms with E-state index in [0.29, 0.717) is 47.0 Å². The number of thioether (sulfide) groups is 1.